The fourth-order valence-corrected chi connectivity index (χ4v) is 2.85. The SMILES string of the molecule is Cc1cccc(C2(N3CCNCC3)COC2)c1. The third kappa shape index (κ3) is 1.88. The Bertz CT molecular complexity index is 395. The minimum Gasteiger partial charge on any atom is -0.377 e. The van der Waals surface area contributed by atoms with Crippen LogP contribution in [0.15, 0.2) is 24.3 Å². The molecule has 0 bridgehead atoms. The molecule has 1 aromatic rings. The number of hydrogen-bond donors (Lipinski definition) is 1. The van der Waals surface area contributed by atoms with Crippen LogP contribution in [0.1, 0.15) is 11.1 Å². The van der Waals surface area contributed by atoms with E-state index in [0.717, 1.165) is 39.4 Å². The standard InChI is InChI=1S/C14H20N2O/c1-12-3-2-4-13(9-12)14(10-17-11-14)16-7-5-15-6-8-16/h2-4,9,15H,5-8,10-11H2,1H3. The van der Waals surface area contributed by atoms with Crippen molar-refractivity contribution in [3.8, 4) is 0 Å². The number of aryl methyl sites for hydroxylation is 1. The fraction of sp³-hybridized carbons (Fsp3) is 0.571. The van der Waals surface area contributed by atoms with Crippen LogP contribution in [0.3, 0.4) is 0 Å². The van der Waals surface area contributed by atoms with Crippen molar-refractivity contribution in [1.82, 2.24) is 10.2 Å². The molecule has 0 aliphatic carbocycles. The van der Waals surface area contributed by atoms with Crippen molar-refractivity contribution in [2.75, 3.05) is 39.4 Å². The molecule has 0 saturated carbocycles. The van der Waals surface area contributed by atoms with Gasteiger partial charge in [0.15, 0.2) is 0 Å². The van der Waals surface area contributed by atoms with Crippen molar-refractivity contribution >= 4 is 0 Å². The molecule has 2 fully saturated rings. The highest BCUT2D eigenvalue weighted by Crippen LogP contribution is 2.36. The van der Waals surface area contributed by atoms with Crippen LogP contribution in [0.2, 0.25) is 0 Å². The van der Waals surface area contributed by atoms with Gasteiger partial charge in [0.1, 0.15) is 0 Å². The van der Waals surface area contributed by atoms with Gasteiger partial charge in [-0.05, 0) is 12.5 Å². The molecule has 92 valence electrons. The molecule has 2 aliphatic heterocycles. The summed E-state index contributed by atoms with van der Waals surface area (Å²) in [6.07, 6.45) is 0. The molecule has 0 atom stereocenters. The van der Waals surface area contributed by atoms with E-state index in [1.54, 1.807) is 0 Å². The first-order valence-corrected chi connectivity index (χ1v) is 6.42. The first-order chi connectivity index (χ1) is 8.31. The second kappa shape index (κ2) is 4.41. The number of benzene rings is 1. The molecular weight excluding hydrogens is 212 g/mol. The Labute approximate surface area is 103 Å². The lowest BCUT2D eigenvalue weighted by atomic mass is 9.85. The predicted octanol–water partition coefficient (Wildman–Crippen LogP) is 1.13. The Hall–Kier alpha value is -0.900. The lowest BCUT2D eigenvalue weighted by Crippen LogP contribution is -2.63. The first-order valence-electron chi connectivity index (χ1n) is 6.42. The van der Waals surface area contributed by atoms with E-state index in [-0.39, 0.29) is 5.54 Å². The topological polar surface area (TPSA) is 24.5 Å². The van der Waals surface area contributed by atoms with Gasteiger partial charge in [-0.15, -0.1) is 0 Å². The van der Waals surface area contributed by atoms with E-state index in [2.05, 4.69) is 41.4 Å². The molecule has 0 radical (unpaired) electrons. The maximum atomic E-state index is 5.52. The molecule has 2 heterocycles. The zero-order valence-corrected chi connectivity index (χ0v) is 10.4. The van der Waals surface area contributed by atoms with Gasteiger partial charge in [0.25, 0.3) is 0 Å². The zero-order chi connectivity index (χ0) is 11.7. The summed E-state index contributed by atoms with van der Waals surface area (Å²) in [4.78, 5) is 2.59. The lowest BCUT2D eigenvalue weighted by Gasteiger charge is -2.51. The van der Waals surface area contributed by atoms with Crippen LogP contribution < -0.4 is 5.32 Å². The van der Waals surface area contributed by atoms with Gasteiger partial charge in [-0.25, -0.2) is 0 Å². The van der Waals surface area contributed by atoms with Gasteiger partial charge in [0, 0.05) is 26.2 Å². The average Bonchev–Trinajstić information content (AvgIpc) is 2.29. The highest BCUT2D eigenvalue weighted by Gasteiger charge is 2.45. The van der Waals surface area contributed by atoms with Crippen LogP contribution in [0.25, 0.3) is 0 Å². The Morgan fingerprint density at radius 3 is 2.59 bits per heavy atom. The molecule has 3 rings (SSSR count). The first kappa shape index (κ1) is 11.2. The molecule has 1 N–H and O–H groups in total. The predicted molar refractivity (Wildman–Crippen MR) is 68.1 cm³/mol. The van der Waals surface area contributed by atoms with Crippen molar-refractivity contribution < 1.29 is 4.74 Å². The third-order valence-electron chi connectivity index (χ3n) is 3.96. The van der Waals surface area contributed by atoms with Gasteiger partial charge >= 0.3 is 0 Å². The van der Waals surface area contributed by atoms with Crippen LogP contribution in [0.5, 0.6) is 0 Å². The average molecular weight is 232 g/mol. The molecule has 3 heteroatoms. The summed E-state index contributed by atoms with van der Waals surface area (Å²) in [5.41, 5.74) is 2.91. The maximum Gasteiger partial charge on any atom is 0.0934 e. The van der Waals surface area contributed by atoms with Crippen LogP contribution in [0.4, 0.5) is 0 Å². The summed E-state index contributed by atoms with van der Waals surface area (Å²) in [5, 5.41) is 3.42. The third-order valence-corrected chi connectivity index (χ3v) is 3.96. The molecule has 0 amide bonds. The van der Waals surface area contributed by atoms with Crippen LogP contribution in [-0.2, 0) is 10.3 Å². The summed E-state index contributed by atoms with van der Waals surface area (Å²) in [6.45, 7) is 8.27. The fourth-order valence-electron chi connectivity index (χ4n) is 2.85. The minimum atomic E-state index is 0.147. The largest absolute Gasteiger partial charge is 0.377 e. The molecule has 3 nitrogen and oxygen atoms in total. The van der Waals surface area contributed by atoms with E-state index in [9.17, 15) is 0 Å². The number of piperazine rings is 1. The number of rotatable bonds is 2. The van der Waals surface area contributed by atoms with Gasteiger partial charge < -0.3 is 10.1 Å². The minimum absolute atomic E-state index is 0.147. The Balaban J connectivity index is 1.90. The number of nitrogens with one attached hydrogen (secondary N) is 1. The summed E-state index contributed by atoms with van der Waals surface area (Å²) in [7, 11) is 0. The molecule has 0 unspecified atom stereocenters. The van der Waals surface area contributed by atoms with E-state index in [0.29, 0.717) is 0 Å². The van der Waals surface area contributed by atoms with Crippen molar-refractivity contribution in [3.05, 3.63) is 35.4 Å². The van der Waals surface area contributed by atoms with E-state index < -0.39 is 0 Å². The van der Waals surface area contributed by atoms with E-state index in [4.69, 9.17) is 4.74 Å². The molecule has 1 aromatic carbocycles. The van der Waals surface area contributed by atoms with Crippen molar-refractivity contribution in [3.63, 3.8) is 0 Å². The quantitative estimate of drug-likeness (QED) is 0.827. The summed E-state index contributed by atoms with van der Waals surface area (Å²) in [6, 6.07) is 8.88. The van der Waals surface area contributed by atoms with Gasteiger partial charge in [0.2, 0.25) is 0 Å². The highest BCUT2D eigenvalue weighted by molar-refractivity contribution is 5.31. The lowest BCUT2D eigenvalue weighted by molar-refractivity contribution is -0.149. The van der Waals surface area contributed by atoms with Gasteiger partial charge in [-0.1, -0.05) is 29.8 Å². The van der Waals surface area contributed by atoms with E-state index >= 15 is 0 Å². The van der Waals surface area contributed by atoms with E-state index in [1.165, 1.54) is 11.1 Å². The van der Waals surface area contributed by atoms with Crippen LogP contribution in [0, 0.1) is 6.92 Å². The molecule has 0 aromatic heterocycles. The second-order valence-corrected chi connectivity index (χ2v) is 5.13. The zero-order valence-electron chi connectivity index (χ0n) is 10.4. The molecule has 2 saturated heterocycles. The smallest absolute Gasteiger partial charge is 0.0934 e. The monoisotopic (exact) mass is 232 g/mol. The molecule has 2 aliphatic rings. The summed E-state index contributed by atoms with van der Waals surface area (Å²) < 4.78 is 5.52. The Morgan fingerprint density at radius 2 is 2.00 bits per heavy atom. The number of nitrogens with zero attached hydrogens (tertiary/aromatic N) is 1. The van der Waals surface area contributed by atoms with Crippen molar-refractivity contribution in [1.29, 1.82) is 0 Å². The highest BCUT2D eigenvalue weighted by atomic mass is 16.5. The van der Waals surface area contributed by atoms with Crippen LogP contribution >= 0.6 is 0 Å². The summed E-state index contributed by atoms with van der Waals surface area (Å²) >= 11 is 0. The Kier molecular flexibility index (Phi) is 2.90. The van der Waals surface area contributed by atoms with Crippen LogP contribution in [-0.4, -0.2) is 44.3 Å². The van der Waals surface area contributed by atoms with Crippen molar-refractivity contribution in [2.45, 2.75) is 12.5 Å². The van der Waals surface area contributed by atoms with Crippen molar-refractivity contribution in [2.24, 2.45) is 0 Å². The maximum absolute atomic E-state index is 5.52. The number of hydrogen-bond acceptors (Lipinski definition) is 3. The molecular formula is C14H20N2O. The summed E-state index contributed by atoms with van der Waals surface area (Å²) in [5.74, 6) is 0. The van der Waals surface area contributed by atoms with E-state index in [1.807, 2.05) is 0 Å². The molecule has 0 spiro atoms. The Morgan fingerprint density at radius 1 is 1.24 bits per heavy atom. The van der Waals surface area contributed by atoms with Gasteiger partial charge in [0.05, 0.1) is 18.8 Å². The second-order valence-electron chi connectivity index (χ2n) is 5.13. The molecule has 17 heavy (non-hydrogen) atoms. The number of ether oxygens (including phenoxy) is 1. The van der Waals surface area contributed by atoms with Gasteiger partial charge in [-0.2, -0.15) is 0 Å². The van der Waals surface area contributed by atoms with Gasteiger partial charge in [-0.3, -0.25) is 4.90 Å². The normalized spacial score (nSPS) is 24.3.